The molecule has 0 saturated carbocycles. The number of amides is 3. The van der Waals surface area contributed by atoms with Crippen molar-refractivity contribution in [1.29, 1.82) is 0 Å². The van der Waals surface area contributed by atoms with Crippen LogP contribution in [-0.2, 0) is 14.4 Å². The van der Waals surface area contributed by atoms with Gasteiger partial charge < -0.3 is 20.6 Å². The largest absolute Gasteiger partial charge is 0.394 e. The summed E-state index contributed by atoms with van der Waals surface area (Å²) in [4.78, 5) is 42.3. The summed E-state index contributed by atoms with van der Waals surface area (Å²) < 4.78 is 0. The number of hydrogen-bond donors (Lipinski definition) is 3. The highest BCUT2D eigenvalue weighted by molar-refractivity contribution is 5.97. The first kappa shape index (κ1) is 26.9. The summed E-state index contributed by atoms with van der Waals surface area (Å²) in [6.07, 6.45) is 4.61. The molecule has 1 fully saturated rings. The maximum Gasteiger partial charge on any atom is 0.243 e. The fraction of sp³-hybridized carbons (Fsp3) is 0.607. The minimum absolute atomic E-state index is 0.00729. The number of fused-ring (bicyclic) bond motifs is 1. The van der Waals surface area contributed by atoms with Gasteiger partial charge in [-0.2, -0.15) is 0 Å². The van der Waals surface area contributed by atoms with Gasteiger partial charge >= 0.3 is 0 Å². The number of likely N-dealkylation sites (tertiary alicyclic amines) is 1. The third-order valence-corrected chi connectivity index (χ3v) is 7.15. The number of rotatable bonds is 7. The number of hydrogen-bond acceptors (Lipinski definition) is 4. The van der Waals surface area contributed by atoms with Gasteiger partial charge in [-0.25, -0.2) is 0 Å². The molecule has 3 N–H and O–H groups in total. The summed E-state index contributed by atoms with van der Waals surface area (Å²) in [5.74, 6) is -2.61. The van der Waals surface area contributed by atoms with Crippen LogP contribution in [-0.4, -0.2) is 53.0 Å². The summed E-state index contributed by atoms with van der Waals surface area (Å²) >= 11 is 0. The molecule has 1 aliphatic carbocycles. The summed E-state index contributed by atoms with van der Waals surface area (Å²) in [6, 6.07) is 7.75. The van der Waals surface area contributed by atoms with Crippen molar-refractivity contribution in [3.8, 4) is 0 Å². The van der Waals surface area contributed by atoms with Crippen molar-refractivity contribution in [1.82, 2.24) is 15.5 Å². The zero-order valence-corrected chi connectivity index (χ0v) is 22.0. The molecule has 1 saturated heterocycles. The number of benzene rings is 1. The number of carbonyl (C=O) groups excluding carboxylic acids is 3. The van der Waals surface area contributed by atoms with E-state index in [0.29, 0.717) is 0 Å². The molecule has 1 aromatic rings. The van der Waals surface area contributed by atoms with Crippen molar-refractivity contribution in [2.45, 2.75) is 65.6 Å². The second-order valence-electron chi connectivity index (χ2n) is 11.9. The van der Waals surface area contributed by atoms with Crippen LogP contribution < -0.4 is 10.6 Å². The predicted octanol–water partition coefficient (Wildman–Crippen LogP) is 3.06. The van der Waals surface area contributed by atoms with Gasteiger partial charge in [0.15, 0.2) is 0 Å². The van der Waals surface area contributed by atoms with Crippen LogP contribution in [0.1, 0.15) is 59.6 Å². The SMILES string of the molecule is CNC(=O)[C@H]1[C@@H]2C(=O)N([C@H](CO)c3ccccc3)[C@H](C(=O)NC(C)(C)CC(C)(C)C)[C@H]2C=C[C@H]1C. The van der Waals surface area contributed by atoms with Crippen molar-refractivity contribution in [2.24, 2.45) is 29.1 Å². The average molecular weight is 484 g/mol. The normalized spacial score (nSPS) is 27.4. The third kappa shape index (κ3) is 5.61. The van der Waals surface area contributed by atoms with Gasteiger partial charge in [-0.15, -0.1) is 0 Å². The average Bonchev–Trinajstić information content (AvgIpc) is 3.05. The van der Waals surface area contributed by atoms with Crippen LogP contribution in [0.4, 0.5) is 0 Å². The Morgan fingerprint density at radius 1 is 1.06 bits per heavy atom. The molecule has 192 valence electrons. The number of aliphatic hydroxyl groups excluding tert-OH is 1. The maximum atomic E-state index is 14.0. The Morgan fingerprint density at radius 3 is 2.23 bits per heavy atom. The number of allylic oxidation sites excluding steroid dienone is 1. The Bertz CT molecular complexity index is 966. The summed E-state index contributed by atoms with van der Waals surface area (Å²) in [7, 11) is 1.57. The number of nitrogens with zero attached hydrogens (tertiary/aromatic N) is 1. The smallest absolute Gasteiger partial charge is 0.243 e. The number of aliphatic hydroxyl groups is 1. The molecule has 2 aliphatic rings. The van der Waals surface area contributed by atoms with Crippen LogP contribution in [0.5, 0.6) is 0 Å². The molecule has 1 heterocycles. The lowest BCUT2D eigenvalue weighted by molar-refractivity contribution is -0.143. The standard InChI is InChI=1S/C28H41N3O4/c1-17-13-14-19-22(21(17)24(33)29-7)26(35)31(20(15-32)18-11-9-8-10-12-18)23(19)25(34)30-28(5,6)16-27(2,3)4/h8-14,17,19-23,32H,15-16H2,1-7H3,(H,29,33)(H,30,34)/t17-,19+,20-,21-,22-,23+/m1/s1. The van der Waals surface area contributed by atoms with E-state index in [0.717, 1.165) is 12.0 Å². The van der Waals surface area contributed by atoms with Gasteiger partial charge in [0.2, 0.25) is 17.7 Å². The van der Waals surface area contributed by atoms with Crippen molar-refractivity contribution >= 4 is 17.7 Å². The van der Waals surface area contributed by atoms with Gasteiger partial charge in [-0.05, 0) is 37.2 Å². The second kappa shape index (κ2) is 10.1. The highest BCUT2D eigenvalue weighted by atomic mass is 16.3. The summed E-state index contributed by atoms with van der Waals surface area (Å²) in [6.45, 7) is 11.9. The zero-order chi connectivity index (χ0) is 26.1. The first-order chi connectivity index (χ1) is 16.3. The molecule has 1 aromatic carbocycles. The van der Waals surface area contributed by atoms with Crippen molar-refractivity contribution in [3.05, 3.63) is 48.0 Å². The minimum Gasteiger partial charge on any atom is -0.394 e. The molecule has 0 aromatic heterocycles. The fourth-order valence-electron chi connectivity index (χ4n) is 6.25. The highest BCUT2D eigenvalue weighted by Crippen LogP contribution is 2.47. The van der Waals surface area contributed by atoms with Crippen molar-refractivity contribution in [3.63, 3.8) is 0 Å². The van der Waals surface area contributed by atoms with Gasteiger partial charge in [0.1, 0.15) is 6.04 Å². The molecule has 0 radical (unpaired) electrons. The summed E-state index contributed by atoms with van der Waals surface area (Å²) in [5, 5.41) is 16.3. The van der Waals surface area contributed by atoms with Crippen LogP contribution in [0.3, 0.4) is 0 Å². The van der Waals surface area contributed by atoms with Crippen LogP contribution in [0.25, 0.3) is 0 Å². The van der Waals surface area contributed by atoms with E-state index in [9.17, 15) is 19.5 Å². The lowest BCUT2D eigenvalue weighted by Gasteiger charge is -2.38. The van der Waals surface area contributed by atoms with E-state index in [2.05, 4.69) is 31.4 Å². The fourth-order valence-corrected chi connectivity index (χ4v) is 6.25. The first-order valence-corrected chi connectivity index (χ1v) is 12.5. The van der Waals surface area contributed by atoms with E-state index in [4.69, 9.17) is 0 Å². The van der Waals surface area contributed by atoms with Gasteiger partial charge in [0.05, 0.1) is 24.5 Å². The van der Waals surface area contributed by atoms with E-state index in [1.54, 1.807) is 7.05 Å². The van der Waals surface area contributed by atoms with Gasteiger partial charge in [-0.1, -0.05) is 70.2 Å². The van der Waals surface area contributed by atoms with E-state index in [1.165, 1.54) is 4.90 Å². The van der Waals surface area contributed by atoms with E-state index in [-0.39, 0.29) is 35.7 Å². The van der Waals surface area contributed by atoms with Gasteiger partial charge in [-0.3, -0.25) is 14.4 Å². The molecule has 3 amide bonds. The molecule has 3 rings (SSSR count). The van der Waals surface area contributed by atoms with Crippen LogP contribution in [0.2, 0.25) is 0 Å². The number of nitrogens with one attached hydrogen (secondary N) is 2. The van der Waals surface area contributed by atoms with Crippen molar-refractivity contribution < 1.29 is 19.5 Å². The summed E-state index contributed by atoms with van der Waals surface area (Å²) in [5.41, 5.74) is 0.240. The van der Waals surface area contributed by atoms with Crippen LogP contribution in [0, 0.1) is 29.1 Å². The Balaban J connectivity index is 2.07. The molecular formula is C28H41N3O4. The Hall–Kier alpha value is -2.67. The Kier molecular flexibility index (Phi) is 7.80. The zero-order valence-electron chi connectivity index (χ0n) is 22.0. The van der Waals surface area contributed by atoms with Crippen molar-refractivity contribution in [2.75, 3.05) is 13.7 Å². The maximum absolute atomic E-state index is 14.0. The van der Waals surface area contributed by atoms with E-state index >= 15 is 0 Å². The molecule has 0 spiro atoms. The molecular weight excluding hydrogens is 442 g/mol. The first-order valence-electron chi connectivity index (χ1n) is 12.5. The Labute approximate surface area is 209 Å². The highest BCUT2D eigenvalue weighted by Gasteiger charge is 2.58. The quantitative estimate of drug-likeness (QED) is 0.519. The monoisotopic (exact) mass is 483 g/mol. The van der Waals surface area contributed by atoms with Crippen LogP contribution in [0.15, 0.2) is 42.5 Å². The number of carbonyl (C=O) groups is 3. The van der Waals surface area contributed by atoms with Crippen LogP contribution >= 0.6 is 0 Å². The Morgan fingerprint density at radius 2 is 1.69 bits per heavy atom. The molecule has 7 nitrogen and oxygen atoms in total. The van der Waals surface area contributed by atoms with E-state index in [1.807, 2.05) is 63.3 Å². The minimum atomic E-state index is -0.833. The molecule has 6 atom stereocenters. The van der Waals surface area contributed by atoms with Gasteiger partial charge in [0, 0.05) is 18.5 Å². The lowest BCUT2D eigenvalue weighted by Crippen LogP contribution is -2.55. The topological polar surface area (TPSA) is 98.7 Å². The third-order valence-electron chi connectivity index (χ3n) is 7.15. The molecule has 0 unspecified atom stereocenters. The molecule has 35 heavy (non-hydrogen) atoms. The lowest BCUT2D eigenvalue weighted by atomic mass is 9.70. The molecule has 7 heteroatoms. The molecule has 1 aliphatic heterocycles. The molecule has 0 bridgehead atoms. The second-order valence-corrected chi connectivity index (χ2v) is 11.9. The van der Waals surface area contributed by atoms with E-state index < -0.39 is 35.4 Å². The van der Waals surface area contributed by atoms with Gasteiger partial charge in [0.25, 0.3) is 0 Å². The predicted molar refractivity (Wildman–Crippen MR) is 136 cm³/mol.